The van der Waals surface area contributed by atoms with E-state index in [1.165, 1.54) is 0 Å². The van der Waals surface area contributed by atoms with Gasteiger partial charge < -0.3 is 10.1 Å². The fourth-order valence-corrected chi connectivity index (χ4v) is 2.56. The zero-order chi connectivity index (χ0) is 13.1. The Morgan fingerprint density at radius 2 is 2.28 bits per heavy atom. The number of halogens is 1. The van der Waals surface area contributed by atoms with E-state index in [0.29, 0.717) is 10.7 Å². The number of aryl methyl sites for hydroxylation is 1. The highest BCUT2D eigenvalue weighted by atomic mass is 35.5. The van der Waals surface area contributed by atoms with E-state index in [1.807, 2.05) is 6.92 Å². The van der Waals surface area contributed by atoms with Crippen molar-refractivity contribution >= 4 is 17.5 Å². The molecular formula is C13H17ClN2O2. The maximum Gasteiger partial charge on any atom is 0.251 e. The molecule has 0 aromatic carbocycles. The fourth-order valence-electron chi connectivity index (χ4n) is 2.31. The summed E-state index contributed by atoms with van der Waals surface area (Å²) in [5.74, 6) is -0.0934. The summed E-state index contributed by atoms with van der Waals surface area (Å²) in [5, 5.41) is 3.36. The molecule has 1 heterocycles. The number of pyridine rings is 1. The normalized spacial score (nSPS) is 23.1. The van der Waals surface area contributed by atoms with Gasteiger partial charge in [-0.1, -0.05) is 11.6 Å². The van der Waals surface area contributed by atoms with Crippen LogP contribution < -0.4 is 5.32 Å². The number of hydrogen-bond acceptors (Lipinski definition) is 3. The second-order valence-electron chi connectivity index (χ2n) is 4.66. The van der Waals surface area contributed by atoms with Crippen molar-refractivity contribution in [2.45, 2.75) is 38.3 Å². The largest absolute Gasteiger partial charge is 0.381 e. The summed E-state index contributed by atoms with van der Waals surface area (Å²) in [4.78, 5) is 16.1. The minimum Gasteiger partial charge on any atom is -0.381 e. The third-order valence-corrected chi connectivity index (χ3v) is 3.43. The summed E-state index contributed by atoms with van der Waals surface area (Å²) in [6.45, 7) is 1.82. The molecule has 1 aromatic rings. The number of hydrogen-bond donors (Lipinski definition) is 1. The van der Waals surface area contributed by atoms with E-state index < -0.39 is 0 Å². The Kier molecular flexibility index (Phi) is 4.19. The number of nitrogens with zero attached hydrogens (tertiary/aromatic N) is 1. The molecule has 1 N–H and O–H groups in total. The first-order valence-electron chi connectivity index (χ1n) is 6.06. The van der Waals surface area contributed by atoms with Crippen LogP contribution in [0.5, 0.6) is 0 Å². The van der Waals surface area contributed by atoms with E-state index in [1.54, 1.807) is 19.2 Å². The van der Waals surface area contributed by atoms with Crippen LogP contribution in [0.25, 0.3) is 0 Å². The number of amides is 1. The highest BCUT2D eigenvalue weighted by molar-refractivity contribution is 6.29. The number of carbonyl (C=O) groups is 1. The molecule has 1 amide bonds. The molecule has 98 valence electrons. The lowest BCUT2D eigenvalue weighted by Crippen LogP contribution is -2.33. The molecule has 0 aliphatic heterocycles. The smallest absolute Gasteiger partial charge is 0.251 e. The van der Waals surface area contributed by atoms with Crippen LogP contribution in [-0.4, -0.2) is 30.1 Å². The van der Waals surface area contributed by atoms with E-state index in [9.17, 15) is 4.79 Å². The Morgan fingerprint density at radius 1 is 1.50 bits per heavy atom. The monoisotopic (exact) mass is 268 g/mol. The van der Waals surface area contributed by atoms with Gasteiger partial charge in [-0.05, 0) is 38.3 Å². The second kappa shape index (κ2) is 5.67. The molecule has 2 atom stereocenters. The van der Waals surface area contributed by atoms with E-state index in [-0.39, 0.29) is 18.1 Å². The summed E-state index contributed by atoms with van der Waals surface area (Å²) in [7, 11) is 1.71. The van der Waals surface area contributed by atoms with Gasteiger partial charge in [0.1, 0.15) is 5.15 Å². The predicted octanol–water partition coefficient (Wildman–Crippen LogP) is 2.34. The average Bonchev–Trinajstić information content (AvgIpc) is 2.75. The molecule has 2 rings (SSSR count). The highest BCUT2D eigenvalue weighted by Crippen LogP contribution is 2.22. The number of aromatic nitrogens is 1. The van der Waals surface area contributed by atoms with Gasteiger partial charge in [-0.3, -0.25) is 4.79 Å². The van der Waals surface area contributed by atoms with Gasteiger partial charge in [-0.2, -0.15) is 0 Å². The summed E-state index contributed by atoms with van der Waals surface area (Å²) in [5.41, 5.74) is 1.31. The molecule has 1 saturated carbocycles. The number of ether oxygens (including phenoxy) is 1. The molecule has 5 heteroatoms. The number of carbonyl (C=O) groups excluding carboxylic acids is 1. The molecule has 1 aromatic heterocycles. The van der Waals surface area contributed by atoms with Crippen LogP contribution >= 0.6 is 11.6 Å². The summed E-state index contributed by atoms with van der Waals surface area (Å²) in [6, 6.07) is 3.52. The van der Waals surface area contributed by atoms with Crippen LogP contribution in [-0.2, 0) is 4.74 Å². The van der Waals surface area contributed by atoms with Crippen LogP contribution in [0, 0.1) is 6.92 Å². The molecule has 1 aliphatic carbocycles. The molecule has 0 saturated heterocycles. The van der Waals surface area contributed by atoms with Gasteiger partial charge in [0, 0.05) is 24.4 Å². The molecular weight excluding hydrogens is 252 g/mol. The minimum absolute atomic E-state index is 0.0934. The van der Waals surface area contributed by atoms with E-state index in [0.717, 1.165) is 25.0 Å². The van der Waals surface area contributed by atoms with Crippen molar-refractivity contribution in [1.82, 2.24) is 10.3 Å². The van der Waals surface area contributed by atoms with Crippen molar-refractivity contribution < 1.29 is 9.53 Å². The van der Waals surface area contributed by atoms with Crippen molar-refractivity contribution in [3.63, 3.8) is 0 Å². The molecule has 4 nitrogen and oxygen atoms in total. The third kappa shape index (κ3) is 3.21. The maximum absolute atomic E-state index is 12.1. The van der Waals surface area contributed by atoms with Crippen molar-refractivity contribution in [2.75, 3.05) is 7.11 Å². The first-order valence-corrected chi connectivity index (χ1v) is 6.44. The Morgan fingerprint density at radius 3 is 2.89 bits per heavy atom. The first kappa shape index (κ1) is 13.3. The number of methoxy groups -OCH3 is 1. The predicted molar refractivity (Wildman–Crippen MR) is 69.9 cm³/mol. The standard InChI is InChI=1S/C13H17ClN2O2/c1-8-5-9(6-12(14)15-8)13(17)16-10-3-4-11(7-10)18-2/h5-6,10-11H,3-4,7H2,1-2H3,(H,16,17). The zero-order valence-corrected chi connectivity index (χ0v) is 11.3. The Labute approximate surface area is 112 Å². The number of rotatable bonds is 3. The second-order valence-corrected chi connectivity index (χ2v) is 5.05. The van der Waals surface area contributed by atoms with Gasteiger partial charge in [0.25, 0.3) is 5.91 Å². The molecule has 0 spiro atoms. The zero-order valence-electron chi connectivity index (χ0n) is 10.6. The van der Waals surface area contributed by atoms with Crippen molar-refractivity contribution in [3.05, 3.63) is 28.5 Å². The molecule has 1 aliphatic rings. The lowest BCUT2D eigenvalue weighted by molar-refractivity contribution is 0.0915. The fraction of sp³-hybridized carbons (Fsp3) is 0.538. The summed E-state index contributed by atoms with van der Waals surface area (Å²) >= 11 is 5.85. The van der Waals surface area contributed by atoms with Crippen molar-refractivity contribution in [3.8, 4) is 0 Å². The average molecular weight is 269 g/mol. The van der Waals surface area contributed by atoms with Crippen LogP contribution in [0.15, 0.2) is 12.1 Å². The first-order chi connectivity index (χ1) is 8.58. The number of nitrogens with one attached hydrogen (secondary N) is 1. The molecule has 1 fully saturated rings. The SMILES string of the molecule is COC1CCC(NC(=O)c2cc(C)nc(Cl)c2)C1. The minimum atomic E-state index is -0.0934. The highest BCUT2D eigenvalue weighted by Gasteiger charge is 2.26. The Hall–Kier alpha value is -1.13. The van der Waals surface area contributed by atoms with Gasteiger partial charge in [0.05, 0.1) is 6.10 Å². The maximum atomic E-state index is 12.1. The lowest BCUT2D eigenvalue weighted by Gasteiger charge is -2.13. The van der Waals surface area contributed by atoms with Crippen LogP contribution in [0.4, 0.5) is 0 Å². The van der Waals surface area contributed by atoms with E-state index in [2.05, 4.69) is 10.3 Å². The van der Waals surface area contributed by atoms with Gasteiger partial charge in [-0.25, -0.2) is 4.98 Å². The molecule has 18 heavy (non-hydrogen) atoms. The molecule has 2 unspecified atom stereocenters. The Balaban J connectivity index is 1.99. The van der Waals surface area contributed by atoms with Gasteiger partial charge >= 0.3 is 0 Å². The van der Waals surface area contributed by atoms with Crippen molar-refractivity contribution in [2.24, 2.45) is 0 Å². The lowest BCUT2D eigenvalue weighted by atomic mass is 10.2. The van der Waals surface area contributed by atoms with Crippen LogP contribution in [0.1, 0.15) is 35.3 Å². The quantitative estimate of drug-likeness (QED) is 0.856. The summed E-state index contributed by atoms with van der Waals surface area (Å²) in [6.07, 6.45) is 3.10. The van der Waals surface area contributed by atoms with Gasteiger partial charge in [0.2, 0.25) is 0 Å². The van der Waals surface area contributed by atoms with E-state index >= 15 is 0 Å². The van der Waals surface area contributed by atoms with Gasteiger partial charge in [0.15, 0.2) is 0 Å². The van der Waals surface area contributed by atoms with Gasteiger partial charge in [-0.15, -0.1) is 0 Å². The third-order valence-electron chi connectivity index (χ3n) is 3.24. The topological polar surface area (TPSA) is 51.2 Å². The molecule has 0 radical (unpaired) electrons. The van der Waals surface area contributed by atoms with E-state index in [4.69, 9.17) is 16.3 Å². The Bertz CT molecular complexity index is 430. The molecule has 0 bridgehead atoms. The van der Waals surface area contributed by atoms with Crippen LogP contribution in [0.3, 0.4) is 0 Å². The van der Waals surface area contributed by atoms with Crippen molar-refractivity contribution in [1.29, 1.82) is 0 Å². The van der Waals surface area contributed by atoms with Crippen LogP contribution in [0.2, 0.25) is 5.15 Å². The summed E-state index contributed by atoms with van der Waals surface area (Å²) < 4.78 is 5.28.